The summed E-state index contributed by atoms with van der Waals surface area (Å²) in [6.45, 7) is 5.61. The normalized spacial score (nSPS) is 15.9. The van der Waals surface area contributed by atoms with Crippen LogP contribution in [0, 0.1) is 5.82 Å². The van der Waals surface area contributed by atoms with Gasteiger partial charge in [-0.2, -0.15) is 0 Å². The Kier molecular flexibility index (Phi) is 9.47. The summed E-state index contributed by atoms with van der Waals surface area (Å²) in [4.78, 5) is 15.4. The number of hydrogen-bond donors (Lipinski definition) is 2. The molecule has 3 aromatic rings. The number of nitrogens with one attached hydrogen (secondary N) is 2. The molecule has 1 unspecified atom stereocenters. The van der Waals surface area contributed by atoms with E-state index in [1.54, 1.807) is 12.3 Å². The number of aromatic nitrogens is 3. The van der Waals surface area contributed by atoms with Crippen molar-refractivity contribution in [1.29, 1.82) is 0 Å². The van der Waals surface area contributed by atoms with Gasteiger partial charge < -0.3 is 20.1 Å². The molecule has 1 atom stereocenters. The van der Waals surface area contributed by atoms with Crippen molar-refractivity contribution in [2.45, 2.75) is 38.9 Å². The zero-order chi connectivity index (χ0) is 22.2. The summed E-state index contributed by atoms with van der Waals surface area (Å²) in [6.07, 6.45) is 7.31. The van der Waals surface area contributed by atoms with Gasteiger partial charge in [0.05, 0.1) is 0 Å². The lowest BCUT2D eigenvalue weighted by atomic mass is 10.1. The highest BCUT2D eigenvalue weighted by Gasteiger charge is 2.26. The third kappa shape index (κ3) is 6.89. The van der Waals surface area contributed by atoms with Crippen molar-refractivity contribution < 1.29 is 4.39 Å². The molecule has 2 aromatic heterocycles. The van der Waals surface area contributed by atoms with Crippen LogP contribution in [0.25, 0.3) is 0 Å². The maximum Gasteiger partial charge on any atom is 0.191 e. The average molecular weight is 563 g/mol. The van der Waals surface area contributed by atoms with Gasteiger partial charge in [0.15, 0.2) is 17.6 Å². The van der Waals surface area contributed by atoms with E-state index in [0.29, 0.717) is 18.9 Å². The van der Waals surface area contributed by atoms with Crippen LogP contribution in [0.3, 0.4) is 0 Å². The molecule has 1 aromatic carbocycles. The molecule has 4 rings (SSSR count). The summed E-state index contributed by atoms with van der Waals surface area (Å²) in [6, 6.07) is 13.7. The van der Waals surface area contributed by atoms with Gasteiger partial charge in [0.2, 0.25) is 0 Å². The molecule has 176 valence electrons. The maximum absolute atomic E-state index is 14.1. The quantitative estimate of drug-likeness (QED) is 0.249. The van der Waals surface area contributed by atoms with E-state index < -0.39 is 0 Å². The fourth-order valence-electron chi connectivity index (χ4n) is 3.93. The molecule has 1 aliphatic rings. The molecule has 0 bridgehead atoms. The summed E-state index contributed by atoms with van der Waals surface area (Å²) < 4.78 is 16.2. The highest BCUT2D eigenvalue weighted by Crippen LogP contribution is 2.20. The molecule has 2 N–H and O–H groups in total. The molecule has 0 aliphatic carbocycles. The number of nitrogens with zero attached hydrogens (tertiary/aromatic N) is 5. The van der Waals surface area contributed by atoms with Gasteiger partial charge in [0.25, 0.3) is 0 Å². The first-order chi connectivity index (χ1) is 15.7. The summed E-state index contributed by atoms with van der Waals surface area (Å²) in [5, 5.41) is 6.79. The second-order valence-electron chi connectivity index (χ2n) is 7.85. The molecule has 0 spiro atoms. The molecular formula is C24H31FIN7. The Morgan fingerprint density at radius 3 is 2.79 bits per heavy atom. The van der Waals surface area contributed by atoms with Gasteiger partial charge >= 0.3 is 0 Å². The fraction of sp³-hybridized carbons (Fsp3) is 0.375. The van der Waals surface area contributed by atoms with Gasteiger partial charge in [-0.05, 0) is 37.5 Å². The lowest BCUT2D eigenvalue weighted by molar-refractivity contribution is 0.612. The van der Waals surface area contributed by atoms with Gasteiger partial charge in [-0.15, -0.1) is 24.0 Å². The highest BCUT2D eigenvalue weighted by molar-refractivity contribution is 14.0. The zero-order valence-corrected chi connectivity index (χ0v) is 21.2. The molecule has 1 aliphatic heterocycles. The van der Waals surface area contributed by atoms with Crippen LogP contribution in [0.1, 0.15) is 24.7 Å². The minimum Gasteiger partial charge on any atom is -0.357 e. The molecule has 33 heavy (non-hydrogen) atoms. The van der Waals surface area contributed by atoms with E-state index in [-0.39, 0.29) is 35.8 Å². The number of benzene rings is 1. The Hall–Kier alpha value is -2.69. The minimum absolute atomic E-state index is 0. The van der Waals surface area contributed by atoms with E-state index >= 15 is 0 Å². The molecular weight excluding hydrogens is 532 g/mol. The molecule has 1 saturated heterocycles. The molecule has 9 heteroatoms. The number of aryl methyl sites for hydroxylation is 2. The second-order valence-corrected chi connectivity index (χ2v) is 7.85. The van der Waals surface area contributed by atoms with Gasteiger partial charge in [-0.1, -0.05) is 30.3 Å². The van der Waals surface area contributed by atoms with Gasteiger partial charge in [-0.25, -0.2) is 19.4 Å². The lowest BCUT2D eigenvalue weighted by Gasteiger charge is -2.20. The third-order valence-electron chi connectivity index (χ3n) is 5.58. The van der Waals surface area contributed by atoms with E-state index in [1.165, 1.54) is 11.6 Å². The molecule has 1 fully saturated rings. The fourth-order valence-corrected chi connectivity index (χ4v) is 3.93. The van der Waals surface area contributed by atoms with Crippen LogP contribution in [-0.4, -0.2) is 46.2 Å². The minimum atomic E-state index is -0.281. The van der Waals surface area contributed by atoms with Gasteiger partial charge in [-0.3, -0.25) is 0 Å². The van der Waals surface area contributed by atoms with Crippen molar-refractivity contribution in [3.05, 3.63) is 78.3 Å². The predicted molar refractivity (Wildman–Crippen MR) is 141 cm³/mol. The standard InChI is InChI=1S/C24H30FN7.HI/c1-2-26-24(30-20-11-15-32(18-20)23-21(25)9-6-12-28-23)29-17-22-27-13-16-31(22)14-10-19-7-4-3-5-8-19;/h3-9,12-13,16,20H,2,10-11,14-15,17-18H2,1H3,(H2,26,29,30);1H. The van der Waals surface area contributed by atoms with E-state index in [4.69, 9.17) is 4.99 Å². The zero-order valence-electron chi connectivity index (χ0n) is 18.8. The SMILES string of the molecule is CCNC(=NCc1nccn1CCc1ccccc1)NC1CCN(c2ncccc2F)C1.I. The van der Waals surface area contributed by atoms with E-state index in [2.05, 4.69) is 49.4 Å². The second kappa shape index (κ2) is 12.5. The van der Waals surface area contributed by atoms with E-state index in [0.717, 1.165) is 44.3 Å². The number of anilines is 1. The molecule has 0 saturated carbocycles. The largest absolute Gasteiger partial charge is 0.357 e. The van der Waals surface area contributed by atoms with Crippen molar-refractivity contribution in [3.63, 3.8) is 0 Å². The number of imidazole rings is 1. The van der Waals surface area contributed by atoms with E-state index in [1.807, 2.05) is 30.3 Å². The number of hydrogen-bond acceptors (Lipinski definition) is 4. The Labute approximate surface area is 211 Å². The third-order valence-corrected chi connectivity index (χ3v) is 5.58. The van der Waals surface area contributed by atoms with Crippen molar-refractivity contribution in [2.75, 3.05) is 24.5 Å². The Morgan fingerprint density at radius 2 is 2.00 bits per heavy atom. The van der Waals surface area contributed by atoms with Crippen LogP contribution >= 0.6 is 24.0 Å². The highest BCUT2D eigenvalue weighted by atomic mass is 127. The summed E-state index contributed by atoms with van der Waals surface area (Å²) in [5.74, 6) is 1.82. The lowest BCUT2D eigenvalue weighted by Crippen LogP contribution is -2.44. The summed E-state index contributed by atoms with van der Waals surface area (Å²) >= 11 is 0. The van der Waals surface area contributed by atoms with Crippen LogP contribution in [0.2, 0.25) is 0 Å². The molecule has 0 radical (unpaired) electrons. The van der Waals surface area contributed by atoms with Crippen molar-refractivity contribution >= 4 is 35.8 Å². The number of aliphatic imine (C=N–C) groups is 1. The first kappa shape index (κ1) is 24.9. The van der Waals surface area contributed by atoms with Crippen molar-refractivity contribution in [3.8, 4) is 0 Å². The Balaban J connectivity index is 0.00000306. The predicted octanol–water partition coefficient (Wildman–Crippen LogP) is 3.61. The summed E-state index contributed by atoms with van der Waals surface area (Å²) in [5.41, 5.74) is 1.31. The average Bonchev–Trinajstić information content (AvgIpc) is 3.46. The van der Waals surface area contributed by atoms with E-state index in [9.17, 15) is 4.39 Å². The topological polar surface area (TPSA) is 70.4 Å². The number of halogens is 2. The monoisotopic (exact) mass is 563 g/mol. The first-order valence-corrected chi connectivity index (χ1v) is 11.2. The van der Waals surface area contributed by atoms with Crippen LogP contribution in [0.4, 0.5) is 10.2 Å². The van der Waals surface area contributed by atoms with Crippen molar-refractivity contribution in [2.24, 2.45) is 4.99 Å². The number of rotatable bonds is 8. The first-order valence-electron chi connectivity index (χ1n) is 11.2. The summed E-state index contributed by atoms with van der Waals surface area (Å²) in [7, 11) is 0. The molecule has 3 heterocycles. The molecule has 0 amide bonds. The van der Waals surface area contributed by atoms with Gasteiger partial charge in [0, 0.05) is 50.8 Å². The Morgan fingerprint density at radius 1 is 1.15 bits per heavy atom. The van der Waals surface area contributed by atoms with Gasteiger partial charge in [0.1, 0.15) is 12.4 Å². The number of guanidine groups is 1. The van der Waals surface area contributed by atoms with Crippen LogP contribution in [0.5, 0.6) is 0 Å². The van der Waals surface area contributed by atoms with Crippen LogP contribution < -0.4 is 15.5 Å². The maximum atomic E-state index is 14.1. The molecule has 7 nitrogen and oxygen atoms in total. The van der Waals surface area contributed by atoms with Crippen molar-refractivity contribution in [1.82, 2.24) is 25.2 Å². The number of pyridine rings is 1. The van der Waals surface area contributed by atoms with Crippen LogP contribution in [-0.2, 0) is 19.5 Å². The Bertz CT molecular complexity index is 1020. The van der Waals surface area contributed by atoms with Crippen LogP contribution in [0.15, 0.2) is 66.0 Å². The smallest absolute Gasteiger partial charge is 0.191 e.